The zero-order chi connectivity index (χ0) is 18.4. The molecule has 1 aliphatic carbocycles. The highest BCUT2D eigenvalue weighted by atomic mass is 16.6. The van der Waals surface area contributed by atoms with Crippen LogP contribution in [0.25, 0.3) is 0 Å². The summed E-state index contributed by atoms with van der Waals surface area (Å²) in [5, 5.41) is 2.95. The maximum absolute atomic E-state index is 12.1. The lowest BCUT2D eigenvalue weighted by molar-refractivity contribution is -0.150. The Bertz CT molecular complexity index is 787. The van der Waals surface area contributed by atoms with Crippen molar-refractivity contribution in [3.05, 3.63) is 65.2 Å². The van der Waals surface area contributed by atoms with Gasteiger partial charge in [0.15, 0.2) is 13.2 Å². The largest absolute Gasteiger partial charge is 0.482 e. The van der Waals surface area contributed by atoms with Gasteiger partial charge in [0, 0.05) is 0 Å². The van der Waals surface area contributed by atoms with Crippen LogP contribution in [0.4, 0.5) is 0 Å². The molecule has 0 fully saturated rings. The fourth-order valence-electron chi connectivity index (χ4n) is 3.17. The van der Waals surface area contributed by atoms with Crippen molar-refractivity contribution >= 4 is 11.9 Å². The summed E-state index contributed by atoms with van der Waals surface area (Å²) in [6.07, 6.45) is 2.97. The number of ether oxygens (including phenoxy) is 2. The molecule has 0 aliphatic heterocycles. The van der Waals surface area contributed by atoms with Crippen molar-refractivity contribution in [1.29, 1.82) is 0 Å². The first kappa shape index (κ1) is 18.0. The Morgan fingerprint density at radius 3 is 2.81 bits per heavy atom. The van der Waals surface area contributed by atoms with Gasteiger partial charge in [-0.25, -0.2) is 4.79 Å². The molecule has 1 atom stereocenters. The Labute approximate surface area is 153 Å². The van der Waals surface area contributed by atoms with Crippen LogP contribution in [0.1, 0.15) is 35.6 Å². The monoisotopic (exact) mass is 353 g/mol. The van der Waals surface area contributed by atoms with Gasteiger partial charge >= 0.3 is 5.97 Å². The molecule has 0 saturated heterocycles. The maximum atomic E-state index is 12.1. The first-order chi connectivity index (χ1) is 12.6. The zero-order valence-electron chi connectivity index (χ0n) is 14.9. The van der Waals surface area contributed by atoms with Crippen molar-refractivity contribution in [2.24, 2.45) is 0 Å². The lowest BCUT2D eigenvalue weighted by Gasteiger charge is -2.26. The number of rotatable bonds is 6. The van der Waals surface area contributed by atoms with Gasteiger partial charge in [0.25, 0.3) is 5.91 Å². The second kappa shape index (κ2) is 8.52. The van der Waals surface area contributed by atoms with Gasteiger partial charge in [0.05, 0.1) is 6.04 Å². The first-order valence-electron chi connectivity index (χ1n) is 8.84. The Balaban J connectivity index is 1.43. The minimum Gasteiger partial charge on any atom is -0.482 e. The normalized spacial score (nSPS) is 15.7. The second-order valence-electron chi connectivity index (χ2n) is 6.48. The van der Waals surface area contributed by atoms with Crippen LogP contribution < -0.4 is 10.1 Å². The molecule has 2 aromatic rings. The molecule has 1 aliphatic rings. The van der Waals surface area contributed by atoms with E-state index >= 15 is 0 Å². The Morgan fingerprint density at radius 2 is 1.96 bits per heavy atom. The molecule has 0 bridgehead atoms. The van der Waals surface area contributed by atoms with E-state index in [0.717, 1.165) is 30.4 Å². The highest BCUT2D eigenvalue weighted by Crippen LogP contribution is 2.29. The molecule has 0 saturated carbocycles. The number of esters is 1. The SMILES string of the molecule is Cc1cccc(OCC(=O)OCC(=O)N[C@@H]2CCCc3ccccc32)c1. The van der Waals surface area contributed by atoms with E-state index in [1.807, 2.05) is 43.3 Å². The summed E-state index contributed by atoms with van der Waals surface area (Å²) in [6, 6.07) is 15.5. The molecule has 136 valence electrons. The molecular formula is C21H23NO4. The smallest absolute Gasteiger partial charge is 0.344 e. The molecule has 2 aromatic carbocycles. The van der Waals surface area contributed by atoms with E-state index in [2.05, 4.69) is 11.4 Å². The molecule has 0 aromatic heterocycles. The third-order valence-electron chi connectivity index (χ3n) is 4.42. The van der Waals surface area contributed by atoms with E-state index in [4.69, 9.17) is 9.47 Å². The number of hydrogen-bond donors (Lipinski definition) is 1. The third kappa shape index (κ3) is 4.85. The Kier molecular flexibility index (Phi) is 5.89. The molecule has 0 radical (unpaired) electrons. The lowest BCUT2D eigenvalue weighted by atomic mass is 9.88. The third-order valence-corrected chi connectivity index (χ3v) is 4.42. The van der Waals surface area contributed by atoms with Gasteiger partial charge in [0.1, 0.15) is 5.75 Å². The van der Waals surface area contributed by atoms with Crippen molar-refractivity contribution in [2.45, 2.75) is 32.2 Å². The van der Waals surface area contributed by atoms with Gasteiger partial charge in [-0.05, 0) is 55.0 Å². The summed E-state index contributed by atoms with van der Waals surface area (Å²) in [7, 11) is 0. The molecule has 5 nitrogen and oxygen atoms in total. The average Bonchev–Trinajstić information content (AvgIpc) is 2.65. The topological polar surface area (TPSA) is 64.6 Å². The molecule has 0 spiro atoms. The first-order valence-corrected chi connectivity index (χ1v) is 8.84. The number of carbonyl (C=O) groups is 2. The van der Waals surface area contributed by atoms with Crippen LogP contribution in [0.3, 0.4) is 0 Å². The molecule has 0 unspecified atom stereocenters. The molecule has 0 heterocycles. The summed E-state index contributed by atoms with van der Waals surface area (Å²) in [6.45, 7) is 1.43. The molecule has 1 amide bonds. The minimum atomic E-state index is -0.564. The Hall–Kier alpha value is -2.82. The number of nitrogens with one attached hydrogen (secondary N) is 1. The molecule has 1 N–H and O–H groups in total. The lowest BCUT2D eigenvalue weighted by Crippen LogP contribution is -2.34. The minimum absolute atomic E-state index is 0.0188. The van der Waals surface area contributed by atoms with E-state index in [1.165, 1.54) is 5.56 Å². The van der Waals surface area contributed by atoms with Gasteiger partial charge in [-0.15, -0.1) is 0 Å². The zero-order valence-corrected chi connectivity index (χ0v) is 14.9. The molecule has 5 heteroatoms. The summed E-state index contributed by atoms with van der Waals surface area (Å²) in [5.74, 6) is -0.258. The van der Waals surface area contributed by atoms with Gasteiger partial charge in [-0.2, -0.15) is 0 Å². The van der Waals surface area contributed by atoms with E-state index in [0.29, 0.717) is 5.75 Å². The number of benzene rings is 2. The summed E-state index contributed by atoms with van der Waals surface area (Å²) >= 11 is 0. The average molecular weight is 353 g/mol. The van der Waals surface area contributed by atoms with Crippen LogP contribution >= 0.6 is 0 Å². The van der Waals surface area contributed by atoms with Gasteiger partial charge < -0.3 is 14.8 Å². The predicted molar refractivity (Wildman–Crippen MR) is 97.9 cm³/mol. The van der Waals surface area contributed by atoms with Crippen LogP contribution in [0.5, 0.6) is 5.75 Å². The van der Waals surface area contributed by atoms with Crippen molar-refractivity contribution in [3.8, 4) is 5.75 Å². The second-order valence-corrected chi connectivity index (χ2v) is 6.48. The Morgan fingerprint density at radius 1 is 1.12 bits per heavy atom. The van der Waals surface area contributed by atoms with E-state index in [9.17, 15) is 9.59 Å². The van der Waals surface area contributed by atoms with Gasteiger partial charge in [-0.1, -0.05) is 36.4 Å². The standard InChI is InChI=1S/C21H23NO4/c1-15-6-4-9-17(12-15)25-14-21(24)26-13-20(23)22-19-11-5-8-16-7-2-3-10-18(16)19/h2-4,6-7,9-10,12,19H,5,8,11,13-14H2,1H3,(H,22,23)/t19-/m1/s1. The highest BCUT2D eigenvalue weighted by molar-refractivity contribution is 5.81. The van der Waals surface area contributed by atoms with Gasteiger partial charge in [0.2, 0.25) is 0 Å². The number of amides is 1. The summed E-state index contributed by atoms with van der Waals surface area (Å²) in [4.78, 5) is 23.9. The van der Waals surface area contributed by atoms with Gasteiger partial charge in [-0.3, -0.25) is 4.79 Å². The quantitative estimate of drug-likeness (QED) is 0.811. The van der Waals surface area contributed by atoms with E-state index in [-0.39, 0.29) is 25.2 Å². The summed E-state index contributed by atoms with van der Waals surface area (Å²) < 4.78 is 10.4. The van der Waals surface area contributed by atoms with Crippen LogP contribution in [0.2, 0.25) is 0 Å². The highest BCUT2D eigenvalue weighted by Gasteiger charge is 2.21. The molecule has 26 heavy (non-hydrogen) atoms. The summed E-state index contributed by atoms with van der Waals surface area (Å²) in [5.41, 5.74) is 3.47. The maximum Gasteiger partial charge on any atom is 0.344 e. The number of fused-ring (bicyclic) bond motifs is 1. The van der Waals surface area contributed by atoms with Crippen molar-refractivity contribution < 1.29 is 19.1 Å². The van der Waals surface area contributed by atoms with E-state index < -0.39 is 5.97 Å². The fourth-order valence-corrected chi connectivity index (χ4v) is 3.17. The molecule has 3 rings (SSSR count). The van der Waals surface area contributed by atoms with Crippen LogP contribution in [-0.4, -0.2) is 25.1 Å². The van der Waals surface area contributed by atoms with Crippen molar-refractivity contribution in [3.63, 3.8) is 0 Å². The van der Waals surface area contributed by atoms with Crippen LogP contribution in [0, 0.1) is 6.92 Å². The number of carbonyl (C=O) groups excluding carboxylic acids is 2. The predicted octanol–water partition coefficient (Wildman–Crippen LogP) is 3.11. The molecular weight excluding hydrogens is 330 g/mol. The van der Waals surface area contributed by atoms with Crippen LogP contribution in [-0.2, 0) is 20.7 Å². The van der Waals surface area contributed by atoms with Crippen molar-refractivity contribution in [1.82, 2.24) is 5.32 Å². The van der Waals surface area contributed by atoms with Crippen LogP contribution in [0.15, 0.2) is 48.5 Å². The van der Waals surface area contributed by atoms with E-state index in [1.54, 1.807) is 6.07 Å². The fraction of sp³-hybridized carbons (Fsp3) is 0.333. The number of aryl methyl sites for hydroxylation is 2. The van der Waals surface area contributed by atoms with Crippen molar-refractivity contribution in [2.75, 3.05) is 13.2 Å². The number of hydrogen-bond acceptors (Lipinski definition) is 4.